The SMILES string of the molecule is CC(C)(C)SSCCNCCCC(=O)O[C@H]1[C@@H](O)[C@H](n2cnc3c(N)ncnc32)O[C@@H]1COP(=O)(O)O[C@H]1C[C@H](n2ccc(N)nc2=O)O[C@@H]1COP(=O)(O)O. The molecule has 27 heteroatoms. The number of esters is 1. The first kappa shape index (κ1) is 44.4. The molecular weight excluding hydrogens is 824 g/mol. The first-order valence-electron chi connectivity index (χ1n) is 17.1. The number of aliphatic hydroxyl groups is 1. The van der Waals surface area contributed by atoms with Crippen molar-refractivity contribution in [3.05, 3.63) is 35.4 Å². The van der Waals surface area contributed by atoms with Crippen molar-refractivity contribution < 1.29 is 61.5 Å². The van der Waals surface area contributed by atoms with Gasteiger partial charge in [-0.2, -0.15) is 4.98 Å². The number of rotatable bonds is 19. The molecule has 5 rings (SSSR count). The average Bonchev–Trinajstić information content (AvgIpc) is 3.79. The van der Waals surface area contributed by atoms with E-state index in [1.165, 1.54) is 29.5 Å². The van der Waals surface area contributed by atoms with Crippen LogP contribution in [0.5, 0.6) is 0 Å². The Bertz CT molecular complexity index is 1970. The highest BCUT2D eigenvalue weighted by Crippen LogP contribution is 2.50. The van der Waals surface area contributed by atoms with E-state index in [1.807, 2.05) is 0 Å². The number of phosphoric acid groups is 2. The highest BCUT2D eigenvalue weighted by Gasteiger charge is 2.49. The standard InChI is InChI=1S/C29H45N9O14P2S2/c1-29(2,3)56-55-10-8-32-7-4-5-21(39)51-24-18(50-27(23(24)40)38-15-35-22-25(31)33-14-34-26(22)38)13-48-54(45,46)52-16-11-20(37-9-6-19(30)36-28(37)41)49-17(16)12-47-53(42,43)44/h6,9,14-18,20,23-24,27,32,40H,4-5,7-8,10-13H2,1-3H3,(H,45,46)(H2,30,36,41)(H2,31,33,34)(H2,42,43,44)/t16-,17+,18+,20+,23+,24+,27+/m0/s1. The maximum absolute atomic E-state index is 13.4. The van der Waals surface area contributed by atoms with Crippen LogP contribution in [0, 0.1) is 0 Å². The lowest BCUT2D eigenvalue weighted by atomic mass is 10.1. The van der Waals surface area contributed by atoms with Crippen LogP contribution in [0.2, 0.25) is 0 Å². The Kier molecular flexibility index (Phi) is 15.0. The number of imidazole rings is 1. The summed E-state index contributed by atoms with van der Waals surface area (Å²) in [6.45, 7) is 6.08. The van der Waals surface area contributed by atoms with Crippen LogP contribution in [-0.4, -0.2) is 122 Å². The van der Waals surface area contributed by atoms with Crippen molar-refractivity contribution in [1.29, 1.82) is 0 Å². The second-order valence-corrected chi connectivity index (χ2v) is 19.5. The molecule has 0 aliphatic carbocycles. The van der Waals surface area contributed by atoms with Crippen LogP contribution in [0.15, 0.2) is 29.7 Å². The van der Waals surface area contributed by atoms with E-state index in [1.54, 1.807) is 21.6 Å². The monoisotopic (exact) mass is 869 g/mol. The van der Waals surface area contributed by atoms with Crippen LogP contribution in [0.25, 0.3) is 11.2 Å². The number of hydrogen-bond donors (Lipinski definition) is 7. The third-order valence-corrected chi connectivity index (χ3v) is 12.9. The highest BCUT2D eigenvalue weighted by atomic mass is 33.1. The van der Waals surface area contributed by atoms with Crippen molar-refractivity contribution in [2.24, 2.45) is 0 Å². The van der Waals surface area contributed by atoms with Crippen LogP contribution in [0.1, 0.15) is 52.5 Å². The third-order valence-electron chi connectivity index (χ3n) is 8.06. The number of aromatic nitrogens is 6. The number of phosphoric ester groups is 2. The fraction of sp³-hybridized carbons (Fsp3) is 0.655. The Morgan fingerprint density at radius 2 is 1.82 bits per heavy atom. The van der Waals surface area contributed by atoms with Crippen molar-refractivity contribution in [3.8, 4) is 0 Å². The molecule has 23 nitrogen and oxygen atoms in total. The Morgan fingerprint density at radius 1 is 1.07 bits per heavy atom. The molecule has 2 fully saturated rings. The molecule has 2 saturated heterocycles. The molecular formula is C29H45N9O14P2S2. The van der Waals surface area contributed by atoms with E-state index in [2.05, 4.69) is 50.5 Å². The quantitative estimate of drug-likeness (QED) is 0.0380. The summed E-state index contributed by atoms with van der Waals surface area (Å²) in [5.74, 6) is 0.171. The lowest BCUT2D eigenvalue weighted by Crippen LogP contribution is -2.38. The number of nitrogens with two attached hydrogens (primary N) is 2. The van der Waals surface area contributed by atoms with Crippen molar-refractivity contribution >= 4 is 66.0 Å². The van der Waals surface area contributed by atoms with Crippen LogP contribution < -0.4 is 22.5 Å². The zero-order valence-corrected chi connectivity index (χ0v) is 33.8. The second kappa shape index (κ2) is 18.9. The molecule has 0 saturated carbocycles. The van der Waals surface area contributed by atoms with Gasteiger partial charge in [-0.3, -0.25) is 27.5 Å². The number of aliphatic hydroxyl groups excluding tert-OH is 1. The maximum atomic E-state index is 13.4. The lowest BCUT2D eigenvalue weighted by molar-refractivity contribution is -0.156. The molecule has 56 heavy (non-hydrogen) atoms. The van der Waals surface area contributed by atoms with E-state index in [9.17, 15) is 38.5 Å². The van der Waals surface area contributed by atoms with Crippen molar-refractivity contribution in [2.45, 2.75) is 87.8 Å². The molecule has 312 valence electrons. The summed E-state index contributed by atoms with van der Waals surface area (Å²) in [6.07, 6.45) is -5.77. The smallest absolute Gasteiger partial charge is 0.457 e. The highest BCUT2D eigenvalue weighted by molar-refractivity contribution is 8.77. The van der Waals surface area contributed by atoms with E-state index in [0.717, 1.165) is 16.9 Å². The summed E-state index contributed by atoms with van der Waals surface area (Å²) < 4.78 is 59.8. The van der Waals surface area contributed by atoms with Gasteiger partial charge in [-0.15, -0.1) is 0 Å². The van der Waals surface area contributed by atoms with Gasteiger partial charge in [-0.25, -0.2) is 28.9 Å². The minimum Gasteiger partial charge on any atom is -0.457 e. The van der Waals surface area contributed by atoms with Crippen molar-refractivity contribution in [2.75, 3.05) is 43.5 Å². The molecule has 0 amide bonds. The minimum absolute atomic E-state index is 0.0226. The zero-order chi connectivity index (χ0) is 40.8. The van der Waals surface area contributed by atoms with E-state index < -0.39 is 83.5 Å². The van der Waals surface area contributed by atoms with E-state index in [4.69, 9.17) is 34.7 Å². The molecule has 0 aromatic carbocycles. The number of carbonyl (C=O) groups excluding carboxylic acids is 1. The fourth-order valence-electron chi connectivity index (χ4n) is 5.63. The summed E-state index contributed by atoms with van der Waals surface area (Å²) in [6, 6.07) is 1.30. The molecule has 2 aliphatic rings. The van der Waals surface area contributed by atoms with Crippen LogP contribution >= 0.6 is 37.2 Å². The number of hydrogen-bond acceptors (Lipinski definition) is 20. The van der Waals surface area contributed by atoms with Gasteiger partial charge in [-0.05, 0) is 19.0 Å². The number of anilines is 2. The minimum atomic E-state index is -5.11. The first-order valence-corrected chi connectivity index (χ1v) is 22.5. The first-order chi connectivity index (χ1) is 26.3. The van der Waals surface area contributed by atoms with Crippen LogP contribution in [0.3, 0.4) is 0 Å². The maximum Gasteiger partial charge on any atom is 0.472 e. The van der Waals surface area contributed by atoms with Gasteiger partial charge < -0.3 is 50.8 Å². The van der Waals surface area contributed by atoms with E-state index in [-0.39, 0.29) is 40.4 Å². The zero-order valence-electron chi connectivity index (χ0n) is 30.4. The lowest BCUT2D eigenvalue weighted by Gasteiger charge is -2.24. The second-order valence-electron chi connectivity index (χ2n) is 13.6. The average molecular weight is 870 g/mol. The molecule has 0 spiro atoms. The normalized spacial score (nSPS) is 25.4. The largest absolute Gasteiger partial charge is 0.472 e. The Labute approximate surface area is 327 Å². The molecule has 3 aromatic heterocycles. The van der Waals surface area contributed by atoms with Gasteiger partial charge in [0.05, 0.1) is 19.5 Å². The number of carbonyl (C=O) groups is 1. The number of fused-ring (bicyclic) bond motifs is 1. The molecule has 0 radical (unpaired) electrons. The van der Waals surface area contributed by atoms with E-state index in [0.29, 0.717) is 13.0 Å². The van der Waals surface area contributed by atoms with Gasteiger partial charge in [0.1, 0.15) is 48.3 Å². The van der Waals surface area contributed by atoms with Gasteiger partial charge in [0, 0.05) is 36.1 Å². The summed E-state index contributed by atoms with van der Waals surface area (Å²) >= 11 is 0. The Hall–Kier alpha value is -2.74. The summed E-state index contributed by atoms with van der Waals surface area (Å²) in [4.78, 5) is 70.6. The Morgan fingerprint density at radius 3 is 2.54 bits per heavy atom. The molecule has 8 atom stereocenters. The summed E-state index contributed by atoms with van der Waals surface area (Å²) in [5, 5.41) is 14.7. The van der Waals surface area contributed by atoms with Crippen LogP contribution in [-0.2, 0) is 41.7 Å². The molecule has 2 aliphatic heterocycles. The topological polar surface area (TPSA) is 330 Å². The van der Waals surface area contributed by atoms with E-state index >= 15 is 0 Å². The molecule has 1 unspecified atom stereocenters. The van der Waals surface area contributed by atoms with Gasteiger partial charge >= 0.3 is 27.3 Å². The number of nitrogen functional groups attached to an aromatic ring is 2. The molecule has 3 aromatic rings. The summed E-state index contributed by atoms with van der Waals surface area (Å²) in [7, 11) is -6.60. The van der Waals surface area contributed by atoms with Gasteiger partial charge in [0.15, 0.2) is 23.8 Å². The number of ether oxygens (including phenoxy) is 3. The summed E-state index contributed by atoms with van der Waals surface area (Å²) in [5.41, 5.74) is 11.0. The fourth-order valence-corrected chi connectivity index (χ4v) is 9.15. The molecule has 5 heterocycles. The molecule has 9 N–H and O–H groups in total. The van der Waals surface area contributed by atoms with Crippen LogP contribution in [0.4, 0.5) is 11.6 Å². The number of nitrogens with one attached hydrogen (secondary N) is 1. The van der Waals surface area contributed by atoms with Gasteiger partial charge in [0.2, 0.25) is 0 Å². The Balaban J connectivity index is 1.25. The number of nitrogens with zero attached hydrogens (tertiary/aromatic N) is 6. The van der Waals surface area contributed by atoms with Crippen molar-refractivity contribution in [1.82, 2.24) is 34.4 Å². The van der Waals surface area contributed by atoms with Crippen molar-refractivity contribution in [3.63, 3.8) is 0 Å². The predicted molar refractivity (Wildman–Crippen MR) is 202 cm³/mol. The van der Waals surface area contributed by atoms with Gasteiger partial charge in [-0.1, -0.05) is 42.4 Å². The predicted octanol–water partition coefficient (Wildman–Crippen LogP) is 0.866. The third kappa shape index (κ3) is 12.4. The van der Waals surface area contributed by atoms with Gasteiger partial charge in [0.25, 0.3) is 0 Å². The molecule has 0 bridgehead atoms.